The Morgan fingerprint density at radius 2 is 1.68 bits per heavy atom. The number of rotatable bonds is 3. The van der Waals surface area contributed by atoms with Gasteiger partial charge in [-0.1, -0.05) is 6.07 Å². The molecule has 1 amide bonds. The summed E-state index contributed by atoms with van der Waals surface area (Å²) in [5.74, 6) is -2.62. The molecule has 0 aromatic heterocycles. The fourth-order valence-corrected chi connectivity index (χ4v) is 1.72. The van der Waals surface area contributed by atoms with Crippen molar-refractivity contribution in [2.45, 2.75) is 6.92 Å². The molecule has 7 heteroatoms. The van der Waals surface area contributed by atoms with Crippen LogP contribution in [-0.4, -0.2) is 32.5 Å². The van der Waals surface area contributed by atoms with E-state index in [1.807, 2.05) is 6.92 Å². The number of phenols is 4. The molecule has 22 heavy (non-hydrogen) atoms. The van der Waals surface area contributed by atoms with E-state index in [-0.39, 0.29) is 11.3 Å². The summed E-state index contributed by atoms with van der Waals surface area (Å²) in [4.78, 5) is 11.8. The number of amides is 1. The first kappa shape index (κ1) is 15.2. The number of hydrogen-bond donors (Lipinski definition) is 5. The highest BCUT2D eigenvalue weighted by atomic mass is 16.3. The molecule has 0 spiro atoms. The van der Waals surface area contributed by atoms with Crippen molar-refractivity contribution in [3.8, 4) is 23.0 Å². The molecule has 0 radical (unpaired) electrons. The first-order valence-corrected chi connectivity index (χ1v) is 6.26. The molecule has 0 saturated heterocycles. The van der Waals surface area contributed by atoms with Crippen LogP contribution in [0, 0.1) is 6.92 Å². The Kier molecular flexibility index (Phi) is 4.17. The Morgan fingerprint density at radius 1 is 1.05 bits per heavy atom. The highest BCUT2D eigenvalue weighted by Crippen LogP contribution is 2.35. The number of nitrogens with one attached hydrogen (secondary N) is 1. The summed E-state index contributed by atoms with van der Waals surface area (Å²) in [7, 11) is 0. The van der Waals surface area contributed by atoms with Crippen molar-refractivity contribution in [2.75, 3.05) is 0 Å². The van der Waals surface area contributed by atoms with Crippen molar-refractivity contribution in [1.29, 1.82) is 0 Å². The number of aryl methyl sites for hydroxylation is 1. The van der Waals surface area contributed by atoms with Crippen LogP contribution in [0.15, 0.2) is 35.4 Å². The van der Waals surface area contributed by atoms with Gasteiger partial charge in [-0.15, -0.1) is 0 Å². The third-order valence-electron chi connectivity index (χ3n) is 2.89. The van der Waals surface area contributed by atoms with Crippen molar-refractivity contribution < 1.29 is 25.2 Å². The molecule has 0 unspecified atom stereocenters. The van der Waals surface area contributed by atoms with Crippen LogP contribution in [-0.2, 0) is 0 Å². The van der Waals surface area contributed by atoms with Gasteiger partial charge in [0.15, 0.2) is 17.2 Å². The summed E-state index contributed by atoms with van der Waals surface area (Å²) < 4.78 is 0. The summed E-state index contributed by atoms with van der Waals surface area (Å²) in [6.07, 6.45) is 1.26. The number of benzene rings is 2. The molecule has 0 atom stereocenters. The molecule has 7 nitrogen and oxygen atoms in total. The second kappa shape index (κ2) is 6.04. The quantitative estimate of drug-likeness (QED) is 0.335. The number of phenolic OH excluding ortho intramolecular Hbond substituents is 4. The first-order valence-electron chi connectivity index (χ1n) is 6.26. The molecule has 2 rings (SSSR count). The molecule has 5 N–H and O–H groups in total. The fourth-order valence-electron chi connectivity index (χ4n) is 1.72. The van der Waals surface area contributed by atoms with Crippen LogP contribution in [0.2, 0.25) is 0 Å². The van der Waals surface area contributed by atoms with Crippen LogP contribution < -0.4 is 5.43 Å². The van der Waals surface area contributed by atoms with Crippen LogP contribution in [0.1, 0.15) is 21.5 Å². The Hall–Kier alpha value is -3.22. The zero-order valence-electron chi connectivity index (χ0n) is 11.6. The highest BCUT2D eigenvalue weighted by molar-refractivity contribution is 5.96. The number of aromatic hydroxyl groups is 4. The standard InChI is InChI=1S/C15H14N2O5/c1-8-2-3-9(11(18)4-8)7-16-17-15(22)10-5-12(19)14(21)13(20)6-10/h2-7,18-21H,1H3,(H,17,22)/b16-7+. The predicted molar refractivity (Wildman–Crippen MR) is 79.3 cm³/mol. The predicted octanol–water partition coefficient (Wildman–Crippen LogP) is 1.58. The molecular weight excluding hydrogens is 288 g/mol. The van der Waals surface area contributed by atoms with E-state index in [1.165, 1.54) is 6.21 Å². The monoisotopic (exact) mass is 302 g/mol. The average Bonchev–Trinajstić information content (AvgIpc) is 2.46. The molecule has 0 bridgehead atoms. The molecule has 0 aliphatic rings. The Balaban J connectivity index is 2.11. The van der Waals surface area contributed by atoms with E-state index >= 15 is 0 Å². The van der Waals surface area contributed by atoms with E-state index in [0.717, 1.165) is 17.7 Å². The van der Waals surface area contributed by atoms with Crippen LogP contribution in [0.4, 0.5) is 0 Å². The summed E-state index contributed by atoms with van der Waals surface area (Å²) in [6.45, 7) is 1.83. The van der Waals surface area contributed by atoms with E-state index in [9.17, 15) is 25.2 Å². The lowest BCUT2D eigenvalue weighted by Crippen LogP contribution is -2.17. The number of carbonyl (C=O) groups excluding carboxylic acids is 1. The van der Waals surface area contributed by atoms with E-state index in [2.05, 4.69) is 10.5 Å². The smallest absolute Gasteiger partial charge is 0.271 e. The number of hydrogen-bond acceptors (Lipinski definition) is 6. The van der Waals surface area contributed by atoms with Crippen LogP contribution in [0.5, 0.6) is 23.0 Å². The Bertz CT molecular complexity index is 733. The maximum absolute atomic E-state index is 11.8. The number of nitrogens with zero attached hydrogens (tertiary/aromatic N) is 1. The minimum Gasteiger partial charge on any atom is -0.507 e. The lowest BCUT2D eigenvalue weighted by Gasteiger charge is -2.04. The van der Waals surface area contributed by atoms with E-state index < -0.39 is 23.2 Å². The normalized spacial score (nSPS) is 10.8. The number of carbonyl (C=O) groups is 1. The number of hydrazone groups is 1. The maximum atomic E-state index is 11.8. The lowest BCUT2D eigenvalue weighted by atomic mass is 10.1. The minimum absolute atomic E-state index is 0.0259. The maximum Gasteiger partial charge on any atom is 0.271 e. The van der Waals surface area contributed by atoms with Gasteiger partial charge >= 0.3 is 0 Å². The topological polar surface area (TPSA) is 122 Å². The molecule has 0 aliphatic heterocycles. The Morgan fingerprint density at radius 3 is 2.27 bits per heavy atom. The van der Waals surface area contributed by atoms with Crippen molar-refractivity contribution in [3.63, 3.8) is 0 Å². The fraction of sp³-hybridized carbons (Fsp3) is 0.0667. The summed E-state index contributed by atoms with van der Waals surface area (Å²) >= 11 is 0. The molecule has 0 heterocycles. The molecule has 2 aromatic rings. The Labute approximate surface area is 125 Å². The van der Waals surface area contributed by atoms with Crippen molar-refractivity contribution >= 4 is 12.1 Å². The van der Waals surface area contributed by atoms with Crippen LogP contribution in [0.25, 0.3) is 0 Å². The van der Waals surface area contributed by atoms with Crippen molar-refractivity contribution in [2.24, 2.45) is 5.10 Å². The van der Waals surface area contributed by atoms with Gasteiger partial charge in [0, 0.05) is 11.1 Å². The van der Waals surface area contributed by atoms with E-state index in [0.29, 0.717) is 5.56 Å². The third-order valence-corrected chi connectivity index (χ3v) is 2.89. The molecule has 0 aliphatic carbocycles. The van der Waals surface area contributed by atoms with Crippen molar-refractivity contribution in [3.05, 3.63) is 47.0 Å². The zero-order valence-corrected chi connectivity index (χ0v) is 11.6. The SMILES string of the molecule is Cc1ccc(/C=N/NC(=O)c2cc(O)c(O)c(O)c2)c(O)c1. The van der Waals surface area contributed by atoms with Gasteiger partial charge in [-0.05, 0) is 36.8 Å². The minimum atomic E-state index is -0.704. The van der Waals surface area contributed by atoms with Gasteiger partial charge in [0.25, 0.3) is 5.91 Å². The third kappa shape index (κ3) is 3.26. The van der Waals surface area contributed by atoms with Crippen molar-refractivity contribution in [1.82, 2.24) is 5.43 Å². The van der Waals surface area contributed by atoms with Gasteiger partial charge < -0.3 is 20.4 Å². The molecule has 2 aromatic carbocycles. The summed E-state index contributed by atoms with van der Waals surface area (Å²) in [6, 6.07) is 6.95. The van der Waals surface area contributed by atoms with Gasteiger partial charge in [0.2, 0.25) is 0 Å². The van der Waals surface area contributed by atoms with Gasteiger partial charge in [0.1, 0.15) is 5.75 Å². The molecule has 0 saturated carbocycles. The highest BCUT2D eigenvalue weighted by Gasteiger charge is 2.12. The van der Waals surface area contributed by atoms with Crippen LogP contribution >= 0.6 is 0 Å². The van der Waals surface area contributed by atoms with Gasteiger partial charge in [-0.3, -0.25) is 4.79 Å². The second-order valence-electron chi connectivity index (χ2n) is 4.62. The van der Waals surface area contributed by atoms with Crippen LogP contribution in [0.3, 0.4) is 0 Å². The molecule has 114 valence electrons. The largest absolute Gasteiger partial charge is 0.507 e. The summed E-state index contributed by atoms with van der Waals surface area (Å²) in [5, 5.41) is 41.2. The second-order valence-corrected chi connectivity index (χ2v) is 4.62. The van der Waals surface area contributed by atoms with Gasteiger partial charge in [-0.2, -0.15) is 5.10 Å². The summed E-state index contributed by atoms with van der Waals surface area (Å²) in [5.41, 5.74) is 3.40. The molecular formula is C15H14N2O5. The first-order chi connectivity index (χ1) is 10.4. The lowest BCUT2D eigenvalue weighted by molar-refractivity contribution is 0.0954. The van der Waals surface area contributed by atoms with Gasteiger partial charge in [0.05, 0.1) is 6.21 Å². The molecule has 0 fully saturated rings. The average molecular weight is 302 g/mol. The van der Waals surface area contributed by atoms with Gasteiger partial charge in [-0.25, -0.2) is 5.43 Å². The van der Waals surface area contributed by atoms with E-state index in [1.54, 1.807) is 18.2 Å². The zero-order chi connectivity index (χ0) is 16.3. The van der Waals surface area contributed by atoms with E-state index in [4.69, 9.17) is 0 Å².